The molecule has 0 spiro atoms. The highest BCUT2D eigenvalue weighted by Crippen LogP contribution is 2.48. The van der Waals surface area contributed by atoms with Gasteiger partial charge in [-0.3, -0.25) is 10.0 Å². The molecule has 0 bridgehead atoms. The number of aryl methyl sites for hydroxylation is 1. The number of sulfonamides is 1. The number of hydroxylamine groups is 1. The first-order valence-corrected chi connectivity index (χ1v) is 12.5. The Morgan fingerprint density at radius 2 is 1.94 bits per heavy atom. The molecule has 3 aliphatic rings. The molecular formula is C22H30N4O4S. The molecule has 2 saturated heterocycles. The molecule has 1 aromatic rings. The zero-order chi connectivity index (χ0) is 22.2. The van der Waals surface area contributed by atoms with Crippen LogP contribution in [0.2, 0.25) is 0 Å². The van der Waals surface area contributed by atoms with Crippen molar-refractivity contribution in [1.29, 1.82) is 5.26 Å². The van der Waals surface area contributed by atoms with E-state index in [-0.39, 0.29) is 23.5 Å². The summed E-state index contributed by atoms with van der Waals surface area (Å²) in [5, 5.41) is 21.7. The lowest BCUT2D eigenvalue weighted by Crippen LogP contribution is -2.48. The van der Waals surface area contributed by atoms with E-state index in [2.05, 4.69) is 11.4 Å². The van der Waals surface area contributed by atoms with Gasteiger partial charge in [-0.2, -0.15) is 5.26 Å². The second kappa shape index (κ2) is 8.51. The lowest BCUT2D eigenvalue weighted by atomic mass is 9.86. The summed E-state index contributed by atoms with van der Waals surface area (Å²) in [6, 6.07) is 7.82. The summed E-state index contributed by atoms with van der Waals surface area (Å²) in [6.07, 6.45) is 2.38. The predicted octanol–water partition coefficient (Wildman–Crippen LogP) is 1.50. The summed E-state index contributed by atoms with van der Waals surface area (Å²) in [6.45, 7) is 4.40. The minimum atomic E-state index is -3.64. The normalized spacial score (nSPS) is 29.5. The Kier molecular flexibility index (Phi) is 6.10. The maximum absolute atomic E-state index is 13.3. The molecule has 2 heterocycles. The fourth-order valence-corrected chi connectivity index (χ4v) is 7.94. The molecule has 4 rings (SSSR count). The largest absolute Gasteiger partial charge is 0.316 e. The van der Waals surface area contributed by atoms with Gasteiger partial charge in [0.15, 0.2) is 0 Å². The smallest absolute Gasteiger partial charge is 0.250 e. The summed E-state index contributed by atoms with van der Waals surface area (Å²) >= 11 is 0. The number of fused-ring (bicyclic) bond motifs is 1. The van der Waals surface area contributed by atoms with Gasteiger partial charge in [0.1, 0.15) is 0 Å². The molecule has 1 aliphatic carbocycles. The van der Waals surface area contributed by atoms with Crippen LogP contribution in [0.25, 0.3) is 0 Å². The minimum Gasteiger partial charge on any atom is -0.316 e. The molecular weight excluding hydrogens is 416 g/mol. The van der Waals surface area contributed by atoms with Gasteiger partial charge in [0.2, 0.25) is 10.0 Å². The van der Waals surface area contributed by atoms with E-state index in [1.54, 1.807) is 5.48 Å². The number of nitriles is 1. The third-order valence-electron chi connectivity index (χ3n) is 7.51. The molecule has 1 unspecified atom stereocenters. The van der Waals surface area contributed by atoms with Crippen LogP contribution in [0.4, 0.5) is 0 Å². The second-order valence-corrected chi connectivity index (χ2v) is 11.4. The van der Waals surface area contributed by atoms with Gasteiger partial charge in [0.25, 0.3) is 5.91 Å². The van der Waals surface area contributed by atoms with Crippen molar-refractivity contribution in [3.63, 3.8) is 0 Å². The van der Waals surface area contributed by atoms with Crippen molar-refractivity contribution in [2.24, 2.45) is 17.3 Å². The lowest BCUT2D eigenvalue weighted by molar-refractivity contribution is -0.138. The van der Waals surface area contributed by atoms with Crippen molar-refractivity contribution in [3.05, 3.63) is 34.9 Å². The third-order valence-corrected chi connectivity index (χ3v) is 9.58. The Hall–Kier alpha value is -1.99. The van der Waals surface area contributed by atoms with Crippen LogP contribution >= 0.6 is 0 Å². The Labute approximate surface area is 183 Å². The Balaban J connectivity index is 1.45. The first-order valence-electron chi connectivity index (χ1n) is 10.9. The molecule has 3 fully saturated rings. The fraction of sp³-hybridized carbons (Fsp3) is 0.636. The highest BCUT2D eigenvalue weighted by Gasteiger charge is 2.54. The number of carbonyl (C=O) groups excluding carboxylic acids is 1. The van der Waals surface area contributed by atoms with Gasteiger partial charge >= 0.3 is 0 Å². The Morgan fingerprint density at radius 1 is 1.29 bits per heavy atom. The molecule has 1 aromatic carbocycles. The number of amides is 1. The van der Waals surface area contributed by atoms with Crippen LogP contribution in [0.1, 0.15) is 48.3 Å². The first kappa shape index (κ1) is 22.2. The number of hydrogen-bond donors (Lipinski definition) is 3. The van der Waals surface area contributed by atoms with Crippen molar-refractivity contribution in [3.8, 4) is 6.07 Å². The van der Waals surface area contributed by atoms with Crippen molar-refractivity contribution in [2.75, 3.05) is 31.9 Å². The molecule has 8 nitrogen and oxygen atoms in total. The zero-order valence-electron chi connectivity index (χ0n) is 17.8. The SMILES string of the molecule is Cc1cc(C#N)ccc1C1CCN(S(=O)(=O)CC2(C(=O)NO)C[C@H]3CNC[C@H]3C2)CC1. The third kappa shape index (κ3) is 4.22. The van der Waals surface area contributed by atoms with Gasteiger partial charge in [-0.1, -0.05) is 6.07 Å². The highest BCUT2D eigenvalue weighted by atomic mass is 32.2. The summed E-state index contributed by atoms with van der Waals surface area (Å²) in [7, 11) is -3.64. The van der Waals surface area contributed by atoms with Crippen molar-refractivity contribution in [1.82, 2.24) is 15.1 Å². The molecule has 1 saturated carbocycles. The monoisotopic (exact) mass is 446 g/mol. The summed E-state index contributed by atoms with van der Waals surface area (Å²) in [5.74, 6) is -0.0190. The quantitative estimate of drug-likeness (QED) is 0.465. The van der Waals surface area contributed by atoms with Gasteiger partial charge in [0.05, 0.1) is 22.8 Å². The summed E-state index contributed by atoms with van der Waals surface area (Å²) in [5.41, 5.74) is 3.54. The number of hydrogen-bond acceptors (Lipinski definition) is 6. The summed E-state index contributed by atoms with van der Waals surface area (Å²) in [4.78, 5) is 12.6. The number of carbonyl (C=O) groups is 1. The van der Waals surface area contributed by atoms with Gasteiger partial charge in [-0.15, -0.1) is 0 Å². The van der Waals surface area contributed by atoms with Crippen LogP contribution in [0.5, 0.6) is 0 Å². The lowest BCUT2D eigenvalue weighted by Gasteiger charge is -2.35. The average Bonchev–Trinajstić information content (AvgIpc) is 3.32. The highest BCUT2D eigenvalue weighted by molar-refractivity contribution is 7.89. The van der Waals surface area contributed by atoms with Crippen LogP contribution in [0, 0.1) is 35.5 Å². The molecule has 0 aromatic heterocycles. The molecule has 1 amide bonds. The maximum Gasteiger partial charge on any atom is 0.250 e. The van der Waals surface area contributed by atoms with E-state index >= 15 is 0 Å². The standard InChI is InChI=1S/C22H30N4O4S/c1-15-8-16(11-23)2-3-20(15)17-4-6-26(7-5-17)31(29,30)14-22(21(27)25-28)9-18-12-24-13-19(18)10-22/h2-3,8,17-19,24,28H,4-7,9-10,12-14H2,1H3,(H,25,27)/t18-,19+,22?. The number of nitrogens with zero attached hydrogens (tertiary/aromatic N) is 2. The van der Waals surface area contributed by atoms with Gasteiger partial charge in [-0.05, 0) is 86.7 Å². The average molecular weight is 447 g/mol. The van der Waals surface area contributed by atoms with E-state index in [4.69, 9.17) is 5.26 Å². The molecule has 0 radical (unpaired) electrons. The maximum atomic E-state index is 13.3. The molecule has 9 heteroatoms. The predicted molar refractivity (Wildman–Crippen MR) is 115 cm³/mol. The van der Waals surface area contributed by atoms with Crippen LogP contribution in [0.3, 0.4) is 0 Å². The molecule has 31 heavy (non-hydrogen) atoms. The van der Waals surface area contributed by atoms with E-state index < -0.39 is 21.3 Å². The van der Waals surface area contributed by atoms with Crippen LogP contribution < -0.4 is 10.8 Å². The van der Waals surface area contributed by atoms with E-state index in [0.29, 0.717) is 44.3 Å². The topological polar surface area (TPSA) is 123 Å². The number of benzene rings is 1. The molecule has 168 valence electrons. The number of piperidine rings is 1. The molecule has 3 atom stereocenters. The Bertz CT molecular complexity index is 983. The zero-order valence-corrected chi connectivity index (χ0v) is 18.6. The van der Waals surface area contributed by atoms with E-state index in [1.165, 1.54) is 9.87 Å². The molecule has 2 aliphatic heterocycles. The van der Waals surface area contributed by atoms with Crippen LogP contribution in [0.15, 0.2) is 18.2 Å². The summed E-state index contributed by atoms with van der Waals surface area (Å²) < 4.78 is 28.1. The fourth-order valence-electron chi connectivity index (χ4n) is 5.93. The van der Waals surface area contributed by atoms with Crippen molar-refractivity contribution < 1.29 is 18.4 Å². The second-order valence-electron chi connectivity index (χ2n) is 9.42. The molecule has 3 N–H and O–H groups in total. The van der Waals surface area contributed by atoms with Gasteiger partial charge < -0.3 is 5.32 Å². The van der Waals surface area contributed by atoms with E-state index in [9.17, 15) is 18.4 Å². The number of rotatable bonds is 5. The van der Waals surface area contributed by atoms with Crippen LogP contribution in [-0.4, -0.2) is 55.8 Å². The van der Waals surface area contributed by atoms with E-state index in [0.717, 1.165) is 18.7 Å². The minimum absolute atomic E-state index is 0.250. The van der Waals surface area contributed by atoms with Crippen molar-refractivity contribution >= 4 is 15.9 Å². The van der Waals surface area contributed by atoms with Gasteiger partial charge in [-0.25, -0.2) is 18.2 Å². The number of nitrogens with one attached hydrogen (secondary N) is 2. The first-order chi connectivity index (χ1) is 14.8. The van der Waals surface area contributed by atoms with Crippen LogP contribution in [-0.2, 0) is 14.8 Å². The Morgan fingerprint density at radius 3 is 2.48 bits per heavy atom. The van der Waals surface area contributed by atoms with Crippen molar-refractivity contribution in [2.45, 2.75) is 38.5 Å². The van der Waals surface area contributed by atoms with E-state index in [1.807, 2.05) is 25.1 Å². The van der Waals surface area contributed by atoms with Gasteiger partial charge in [0, 0.05) is 13.1 Å².